The first-order valence-corrected chi connectivity index (χ1v) is 8.33. The van der Waals surface area contributed by atoms with E-state index in [1.165, 1.54) is 0 Å². The molecule has 4 rings (SSSR count). The van der Waals surface area contributed by atoms with Gasteiger partial charge in [0, 0.05) is 16.8 Å². The molecule has 0 bridgehead atoms. The third-order valence-corrected chi connectivity index (χ3v) is 4.49. The molecule has 4 heteroatoms. The predicted octanol–water partition coefficient (Wildman–Crippen LogP) is 4.45. The zero-order valence-corrected chi connectivity index (χ0v) is 14.5. The molecule has 0 spiro atoms. The second-order valence-electron chi connectivity index (χ2n) is 6.53. The molecule has 26 heavy (non-hydrogen) atoms. The second kappa shape index (κ2) is 5.85. The Morgan fingerprint density at radius 2 is 1.35 bits per heavy atom. The number of anilines is 1. The number of nitrogen functional groups attached to an aromatic ring is 1. The number of rotatable bonds is 2. The molecule has 0 aliphatic heterocycles. The number of hydrogen-bond donors (Lipinski definition) is 1. The fourth-order valence-corrected chi connectivity index (χ4v) is 3.44. The highest BCUT2D eigenvalue weighted by Crippen LogP contribution is 2.37. The Hall–Kier alpha value is -3.40. The minimum absolute atomic E-state index is 0.248. The van der Waals surface area contributed by atoms with Crippen LogP contribution >= 0.6 is 0 Å². The average Bonchev–Trinajstić information content (AvgIpc) is 2.58. The number of ether oxygens (including phenoxy) is 1. The molecule has 0 saturated heterocycles. The number of nitrogens with two attached hydrogens (primary N) is 1. The summed E-state index contributed by atoms with van der Waals surface area (Å²) in [7, 11) is 0. The molecule has 0 radical (unpaired) electrons. The summed E-state index contributed by atoms with van der Waals surface area (Å²) in [5.74, 6) is 0.508. The fraction of sp³-hybridized carbons (Fsp3) is 0.0909. The first-order valence-electron chi connectivity index (χ1n) is 8.33. The summed E-state index contributed by atoms with van der Waals surface area (Å²) in [6, 6.07) is 15.8. The van der Waals surface area contributed by atoms with Gasteiger partial charge in [0.25, 0.3) is 0 Å². The summed E-state index contributed by atoms with van der Waals surface area (Å²) in [5.41, 5.74) is 9.57. The van der Waals surface area contributed by atoms with E-state index in [1.807, 2.05) is 32.0 Å². The van der Waals surface area contributed by atoms with Crippen molar-refractivity contribution in [1.29, 1.82) is 0 Å². The van der Waals surface area contributed by atoms with Crippen LogP contribution in [0.15, 0.2) is 54.6 Å². The third-order valence-electron chi connectivity index (χ3n) is 4.49. The topological polar surface area (TPSA) is 69.4 Å². The van der Waals surface area contributed by atoms with Crippen molar-refractivity contribution in [2.75, 3.05) is 5.73 Å². The minimum atomic E-state index is -0.251. The van der Waals surface area contributed by atoms with Crippen molar-refractivity contribution in [3.05, 3.63) is 88.0 Å². The molecule has 3 aromatic rings. The van der Waals surface area contributed by atoms with Crippen molar-refractivity contribution in [2.24, 2.45) is 0 Å². The van der Waals surface area contributed by atoms with Gasteiger partial charge in [-0.05, 0) is 49.2 Å². The smallest absolute Gasteiger partial charge is 0.198 e. The number of fused-ring (bicyclic) bond motifs is 2. The van der Waals surface area contributed by atoms with Crippen LogP contribution in [0.3, 0.4) is 0 Å². The normalized spacial score (nSPS) is 12.5. The van der Waals surface area contributed by atoms with Crippen LogP contribution < -0.4 is 10.5 Å². The molecule has 0 fully saturated rings. The molecule has 3 aromatic carbocycles. The van der Waals surface area contributed by atoms with E-state index in [-0.39, 0.29) is 22.7 Å². The highest BCUT2D eigenvalue weighted by molar-refractivity contribution is 6.30. The van der Waals surface area contributed by atoms with Crippen molar-refractivity contribution in [3.8, 4) is 11.5 Å². The average molecular weight is 343 g/mol. The SMILES string of the molecule is Cc1cc(C)cc(Oc2cccc3c2C(=O)c2cccc(N)c2C3=O)c1. The second-order valence-corrected chi connectivity index (χ2v) is 6.53. The lowest BCUT2D eigenvalue weighted by molar-refractivity contribution is 0.0977. The third kappa shape index (κ3) is 2.47. The molecule has 1 aliphatic rings. The standard InChI is InChI=1S/C22H17NO3/c1-12-9-13(2)11-14(10-12)26-18-8-4-6-16-20(18)22(25)15-5-3-7-17(23)19(15)21(16)24/h3-11H,23H2,1-2H3. The van der Waals surface area contributed by atoms with Gasteiger partial charge in [-0.2, -0.15) is 0 Å². The molecule has 0 unspecified atom stereocenters. The van der Waals surface area contributed by atoms with Crippen LogP contribution in [0.2, 0.25) is 0 Å². The Bertz CT molecular complexity index is 1060. The quantitative estimate of drug-likeness (QED) is 0.546. The molecule has 128 valence electrons. The van der Waals surface area contributed by atoms with Gasteiger partial charge in [0.15, 0.2) is 11.6 Å². The van der Waals surface area contributed by atoms with E-state index in [9.17, 15) is 9.59 Å². The van der Waals surface area contributed by atoms with Crippen LogP contribution in [0.4, 0.5) is 5.69 Å². The Labute approximate surface area is 151 Å². The molecule has 2 N–H and O–H groups in total. The highest BCUT2D eigenvalue weighted by Gasteiger charge is 2.33. The monoisotopic (exact) mass is 343 g/mol. The first kappa shape index (κ1) is 16.1. The van der Waals surface area contributed by atoms with E-state index in [2.05, 4.69) is 0 Å². The van der Waals surface area contributed by atoms with Gasteiger partial charge in [-0.25, -0.2) is 0 Å². The lowest BCUT2D eigenvalue weighted by atomic mass is 9.83. The Morgan fingerprint density at radius 3 is 2.04 bits per heavy atom. The number of hydrogen-bond acceptors (Lipinski definition) is 4. The Morgan fingerprint density at radius 1 is 0.769 bits per heavy atom. The van der Waals surface area contributed by atoms with Gasteiger partial charge in [-0.1, -0.05) is 30.3 Å². The van der Waals surface area contributed by atoms with E-state index in [1.54, 1.807) is 36.4 Å². The van der Waals surface area contributed by atoms with Gasteiger partial charge in [-0.3, -0.25) is 9.59 Å². The van der Waals surface area contributed by atoms with Crippen LogP contribution in [0.1, 0.15) is 43.0 Å². The van der Waals surface area contributed by atoms with Gasteiger partial charge in [0.2, 0.25) is 0 Å². The lowest BCUT2D eigenvalue weighted by Crippen LogP contribution is -2.22. The summed E-state index contributed by atoms with van der Waals surface area (Å²) < 4.78 is 6.00. The van der Waals surface area contributed by atoms with E-state index < -0.39 is 0 Å². The molecule has 0 atom stereocenters. The summed E-state index contributed by atoms with van der Waals surface area (Å²) in [4.78, 5) is 26.0. The molecule has 1 aliphatic carbocycles. The summed E-state index contributed by atoms with van der Waals surface area (Å²) in [5, 5.41) is 0. The van der Waals surface area contributed by atoms with Crippen LogP contribution in [-0.4, -0.2) is 11.6 Å². The van der Waals surface area contributed by atoms with Crippen LogP contribution in [0.25, 0.3) is 0 Å². The highest BCUT2D eigenvalue weighted by atomic mass is 16.5. The van der Waals surface area contributed by atoms with Gasteiger partial charge in [0.1, 0.15) is 11.5 Å². The van der Waals surface area contributed by atoms with Gasteiger partial charge < -0.3 is 10.5 Å². The van der Waals surface area contributed by atoms with Gasteiger partial charge >= 0.3 is 0 Å². The zero-order valence-electron chi connectivity index (χ0n) is 14.5. The maximum absolute atomic E-state index is 13.1. The molecule has 0 saturated carbocycles. The predicted molar refractivity (Wildman–Crippen MR) is 100 cm³/mol. The van der Waals surface area contributed by atoms with Gasteiger partial charge in [0.05, 0.1) is 11.1 Å². The number of carbonyl (C=O) groups excluding carboxylic acids is 2. The van der Waals surface area contributed by atoms with Crippen molar-refractivity contribution in [3.63, 3.8) is 0 Å². The Balaban J connectivity index is 1.86. The van der Waals surface area contributed by atoms with E-state index in [0.717, 1.165) is 11.1 Å². The number of carbonyl (C=O) groups is 2. The molecule has 0 amide bonds. The van der Waals surface area contributed by atoms with Crippen LogP contribution in [-0.2, 0) is 0 Å². The van der Waals surface area contributed by atoms with Crippen LogP contribution in [0, 0.1) is 13.8 Å². The molecule has 4 nitrogen and oxygen atoms in total. The Kier molecular flexibility index (Phi) is 3.62. The molecule has 0 aromatic heterocycles. The fourth-order valence-electron chi connectivity index (χ4n) is 3.44. The van der Waals surface area contributed by atoms with Crippen molar-refractivity contribution >= 4 is 17.3 Å². The molecule has 0 heterocycles. The first-order chi connectivity index (χ1) is 12.5. The number of ketones is 2. The molecular weight excluding hydrogens is 326 g/mol. The van der Waals surface area contributed by atoms with E-state index >= 15 is 0 Å². The number of aryl methyl sites for hydroxylation is 2. The number of benzene rings is 3. The summed E-state index contributed by atoms with van der Waals surface area (Å²) in [6.45, 7) is 3.96. The minimum Gasteiger partial charge on any atom is -0.457 e. The maximum atomic E-state index is 13.1. The summed E-state index contributed by atoms with van der Waals surface area (Å²) >= 11 is 0. The van der Waals surface area contributed by atoms with Crippen molar-refractivity contribution < 1.29 is 14.3 Å². The van der Waals surface area contributed by atoms with Crippen LogP contribution in [0.5, 0.6) is 11.5 Å². The zero-order chi connectivity index (χ0) is 18.4. The summed E-state index contributed by atoms with van der Waals surface area (Å²) in [6.07, 6.45) is 0. The van der Waals surface area contributed by atoms with Crippen molar-refractivity contribution in [2.45, 2.75) is 13.8 Å². The lowest BCUT2D eigenvalue weighted by Gasteiger charge is -2.21. The van der Waals surface area contributed by atoms with E-state index in [0.29, 0.717) is 28.3 Å². The van der Waals surface area contributed by atoms with Crippen molar-refractivity contribution in [1.82, 2.24) is 0 Å². The van der Waals surface area contributed by atoms with E-state index in [4.69, 9.17) is 10.5 Å². The van der Waals surface area contributed by atoms with Gasteiger partial charge in [-0.15, -0.1) is 0 Å². The largest absolute Gasteiger partial charge is 0.457 e. The molecular formula is C22H17NO3. The maximum Gasteiger partial charge on any atom is 0.198 e.